The van der Waals surface area contributed by atoms with Crippen LogP contribution in [0.25, 0.3) is 0 Å². The molecule has 0 saturated carbocycles. The van der Waals surface area contributed by atoms with Crippen molar-refractivity contribution in [2.75, 3.05) is 43.6 Å². The predicted molar refractivity (Wildman–Crippen MR) is 133 cm³/mol. The smallest absolute Gasteiger partial charge is 0.231 e. The molecule has 2 aliphatic heterocycles. The van der Waals surface area contributed by atoms with Crippen molar-refractivity contribution in [3.05, 3.63) is 52.0 Å². The van der Waals surface area contributed by atoms with Crippen molar-refractivity contribution in [3.63, 3.8) is 0 Å². The first-order valence-corrected chi connectivity index (χ1v) is 11.9. The molecule has 0 spiro atoms. The van der Waals surface area contributed by atoms with E-state index in [0.717, 1.165) is 42.2 Å². The van der Waals surface area contributed by atoms with Gasteiger partial charge in [-0.15, -0.1) is 0 Å². The molecule has 0 aliphatic carbocycles. The molecule has 2 heterocycles. The zero-order valence-electron chi connectivity index (χ0n) is 20.0. The number of ketones is 1. The summed E-state index contributed by atoms with van der Waals surface area (Å²) < 4.78 is 5.76. The van der Waals surface area contributed by atoms with E-state index in [-0.39, 0.29) is 18.1 Å². The highest BCUT2D eigenvalue weighted by Crippen LogP contribution is 2.40. The first-order valence-electron chi connectivity index (χ1n) is 11.5. The summed E-state index contributed by atoms with van der Waals surface area (Å²) in [6, 6.07) is 10.3. The summed E-state index contributed by atoms with van der Waals surface area (Å²) in [5, 5.41) is 0.389. The molecule has 2 aromatic carbocycles. The van der Waals surface area contributed by atoms with Crippen LogP contribution >= 0.6 is 11.6 Å². The van der Waals surface area contributed by atoms with Crippen LogP contribution in [0, 0.1) is 0 Å². The lowest BCUT2D eigenvalue weighted by Crippen LogP contribution is -2.55. The zero-order chi connectivity index (χ0) is 23.9. The van der Waals surface area contributed by atoms with Crippen molar-refractivity contribution in [3.8, 4) is 5.75 Å². The molecule has 2 unspecified atom stereocenters. The third-order valence-electron chi connectivity index (χ3n) is 7.07. The lowest BCUT2D eigenvalue weighted by molar-refractivity contribution is -0.117. The van der Waals surface area contributed by atoms with Crippen LogP contribution in [0.5, 0.6) is 5.75 Å². The molecule has 4 rings (SSSR count). The Bertz CT molecular complexity index is 1070. The van der Waals surface area contributed by atoms with Crippen molar-refractivity contribution >= 4 is 34.7 Å². The SMILES string of the molecule is COc1cc2c(cc1N1CC(C)N(C)C(C)C1)N(C(=O)Cc1cccc(Cl)c1C(C)=O)CC2. The lowest BCUT2D eigenvalue weighted by atomic mass is 10.0. The van der Waals surface area contributed by atoms with E-state index in [1.807, 2.05) is 11.0 Å². The van der Waals surface area contributed by atoms with Crippen molar-refractivity contribution in [2.45, 2.75) is 45.7 Å². The van der Waals surface area contributed by atoms with Crippen LogP contribution < -0.4 is 14.5 Å². The molecule has 6 nitrogen and oxygen atoms in total. The van der Waals surface area contributed by atoms with Crippen LogP contribution in [-0.2, 0) is 17.6 Å². The predicted octanol–water partition coefficient (Wildman–Crippen LogP) is 4.21. The van der Waals surface area contributed by atoms with Gasteiger partial charge in [0.25, 0.3) is 0 Å². The quantitative estimate of drug-likeness (QED) is 0.614. The van der Waals surface area contributed by atoms with Gasteiger partial charge in [0.1, 0.15) is 5.75 Å². The summed E-state index contributed by atoms with van der Waals surface area (Å²) in [5.74, 6) is 0.686. The topological polar surface area (TPSA) is 53.1 Å². The highest BCUT2D eigenvalue weighted by Gasteiger charge is 2.32. The first-order chi connectivity index (χ1) is 15.7. The first kappa shape index (κ1) is 23.6. The fourth-order valence-corrected chi connectivity index (χ4v) is 5.37. The van der Waals surface area contributed by atoms with Gasteiger partial charge >= 0.3 is 0 Å². The number of hydrogen-bond acceptors (Lipinski definition) is 5. The molecule has 1 amide bonds. The molecule has 7 heteroatoms. The number of benzene rings is 2. The number of likely N-dealkylation sites (N-methyl/N-ethyl adjacent to an activating group) is 1. The number of carbonyl (C=O) groups is 2. The molecule has 2 atom stereocenters. The van der Waals surface area contributed by atoms with Crippen molar-refractivity contribution in [2.24, 2.45) is 0 Å². The van der Waals surface area contributed by atoms with Gasteiger partial charge in [-0.1, -0.05) is 23.7 Å². The Labute approximate surface area is 201 Å². The van der Waals surface area contributed by atoms with E-state index in [9.17, 15) is 9.59 Å². The molecule has 1 fully saturated rings. The zero-order valence-corrected chi connectivity index (χ0v) is 20.8. The van der Waals surface area contributed by atoms with E-state index in [2.05, 4.69) is 42.8 Å². The minimum absolute atomic E-state index is 0.0326. The summed E-state index contributed by atoms with van der Waals surface area (Å²) in [6.07, 6.45) is 0.918. The summed E-state index contributed by atoms with van der Waals surface area (Å²) >= 11 is 6.25. The Morgan fingerprint density at radius 1 is 1.12 bits per heavy atom. The molecule has 2 aliphatic rings. The average molecular weight is 470 g/mol. The number of piperazine rings is 1. The number of Topliss-reactive ketones (excluding diaryl/α,β-unsaturated/α-hetero) is 1. The molecular formula is C26H32ClN3O3. The summed E-state index contributed by atoms with van der Waals surface area (Å²) in [5.41, 5.74) is 4.17. The van der Waals surface area contributed by atoms with Gasteiger partial charge in [0.15, 0.2) is 5.78 Å². The molecule has 0 radical (unpaired) electrons. The van der Waals surface area contributed by atoms with Crippen LogP contribution in [0.1, 0.15) is 42.3 Å². The number of amides is 1. The van der Waals surface area contributed by atoms with E-state index in [1.54, 1.807) is 19.2 Å². The monoisotopic (exact) mass is 469 g/mol. The number of nitrogens with zero attached hydrogens (tertiary/aromatic N) is 3. The third kappa shape index (κ3) is 4.46. The van der Waals surface area contributed by atoms with Gasteiger partial charge in [0, 0.05) is 43.0 Å². The summed E-state index contributed by atoms with van der Waals surface area (Å²) in [4.78, 5) is 32.1. The number of carbonyl (C=O) groups excluding carboxylic acids is 2. The molecule has 0 N–H and O–H groups in total. The molecule has 1 saturated heterocycles. The number of methoxy groups -OCH3 is 1. The largest absolute Gasteiger partial charge is 0.495 e. The molecule has 176 valence electrons. The van der Waals surface area contributed by atoms with Gasteiger partial charge < -0.3 is 14.5 Å². The van der Waals surface area contributed by atoms with Crippen molar-refractivity contribution in [1.82, 2.24) is 4.90 Å². The number of halogens is 1. The Morgan fingerprint density at radius 2 is 1.82 bits per heavy atom. The molecular weight excluding hydrogens is 438 g/mol. The van der Waals surface area contributed by atoms with Crippen LogP contribution in [0.15, 0.2) is 30.3 Å². The normalized spacial score (nSPS) is 20.7. The minimum atomic E-state index is -0.129. The van der Waals surface area contributed by atoms with Crippen LogP contribution in [0.3, 0.4) is 0 Å². The number of hydrogen-bond donors (Lipinski definition) is 0. The van der Waals surface area contributed by atoms with Crippen LogP contribution in [0.2, 0.25) is 5.02 Å². The maximum absolute atomic E-state index is 13.4. The highest BCUT2D eigenvalue weighted by atomic mass is 35.5. The van der Waals surface area contributed by atoms with Crippen LogP contribution in [0.4, 0.5) is 11.4 Å². The van der Waals surface area contributed by atoms with Gasteiger partial charge in [-0.05, 0) is 63.6 Å². The maximum atomic E-state index is 13.4. The molecule has 0 bridgehead atoms. The number of rotatable bonds is 5. The van der Waals surface area contributed by atoms with Gasteiger partial charge in [-0.2, -0.15) is 0 Å². The molecule has 33 heavy (non-hydrogen) atoms. The summed E-state index contributed by atoms with van der Waals surface area (Å²) in [7, 11) is 3.87. The third-order valence-corrected chi connectivity index (χ3v) is 7.39. The Morgan fingerprint density at radius 3 is 2.45 bits per heavy atom. The van der Waals surface area contributed by atoms with E-state index >= 15 is 0 Å². The Balaban J connectivity index is 1.64. The van der Waals surface area contributed by atoms with E-state index in [0.29, 0.717) is 34.8 Å². The lowest BCUT2D eigenvalue weighted by Gasteiger charge is -2.44. The van der Waals surface area contributed by atoms with E-state index < -0.39 is 0 Å². The van der Waals surface area contributed by atoms with Crippen molar-refractivity contribution in [1.29, 1.82) is 0 Å². The number of ether oxygens (including phenoxy) is 1. The fourth-order valence-electron chi connectivity index (χ4n) is 5.04. The average Bonchev–Trinajstić information content (AvgIpc) is 3.19. The van der Waals surface area contributed by atoms with Crippen LogP contribution in [-0.4, -0.2) is 62.5 Å². The second kappa shape index (κ2) is 9.35. The summed E-state index contributed by atoms with van der Waals surface area (Å²) in [6.45, 7) is 8.36. The van der Waals surface area contributed by atoms with Gasteiger partial charge in [-0.25, -0.2) is 0 Å². The maximum Gasteiger partial charge on any atom is 0.231 e. The van der Waals surface area contributed by atoms with Gasteiger partial charge in [0.05, 0.1) is 24.2 Å². The number of anilines is 2. The van der Waals surface area contributed by atoms with Crippen molar-refractivity contribution < 1.29 is 14.3 Å². The minimum Gasteiger partial charge on any atom is -0.495 e. The molecule has 0 aromatic heterocycles. The number of fused-ring (bicyclic) bond motifs is 1. The van der Waals surface area contributed by atoms with Gasteiger partial charge in [-0.3, -0.25) is 14.5 Å². The van der Waals surface area contributed by atoms with E-state index in [4.69, 9.17) is 16.3 Å². The molecule has 2 aromatic rings. The second-order valence-corrected chi connectivity index (χ2v) is 9.63. The van der Waals surface area contributed by atoms with E-state index in [1.165, 1.54) is 6.92 Å². The Hall–Kier alpha value is -2.57. The second-order valence-electron chi connectivity index (χ2n) is 9.22. The Kier molecular flexibility index (Phi) is 6.68. The standard InChI is InChI=1S/C26H32ClN3O3/c1-16-14-29(15-17(2)28(16)4)23-13-22-19(11-24(23)33-5)9-10-30(22)25(32)12-20-7-6-8-21(27)26(20)18(3)31/h6-8,11,13,16-17H,9-10,12,14-15H2,1-5H3. The van der Waals surface area contributed by atoms with Gasteiger partial charge in [0.2, 0.25) is 5.91 Å². The highest BCUT2D eigenvalue weighted by molar-refractivity contribution is 6.34. The fraction of sp³-hybridized carbons (Fsp3) is 0.462.